The van der Waals surface area contributed by atoms with Gasteiger partial charge in [0.25, 0.3) is 0 Å². The summed E-state index contributed by atoms with van der Waals surface area (Å²) in [7, 11) is 0. The first-order valence-corrected chi connectivity index (χ1v) is 6.90. The summed E-state index contributed by atoms with van der Waals surface area (Å²) in [6.07, 6.45) is 1.40. The summed E-state index contributed by atoms with van der Waals surface area (Å²) in [5.74, 6) is 1.09. The highest BCUT2D eigenvalue weighted by Gasteiger charge is 1.99. The molecule has 0 fully saturated rings. The molecule has 2 rings (SSSR count). The average molecular weight is 268 g/mol. The molecule has 2 nitrogen and oxygen atoms in total. The second-order valence-electron chi connectivity index (χ2n) is 5.12. The van der Waals surface area contributed by atoms with Gasteiger partial charge in [-0.1, -0.05) is 42.0 Å². The van der Waals surface area contributed by atoms with Gasteiger partial charge < -0.3 is 9.53 Å². The van der Waals surface area contributed by atoms with Gasteiger partial charge in [0.05, 0.1) is 0 Å². The zero-order chi connectivity index (χ0) is 14.4. The Balaban J connectivity index is 1.89. The van der Waals surface area contributed by atoms with Crippen LogP contribution in [0.5, 0.6) is 5.75 Å². The van der Waals surface area contributed by atoms with Crippen LogP contribution in [0.15, 0.2) is 48.5 Å². The minimum absolute atomic E-state index is 0.227. The first kappa shape index (κ1) is 14.3. The van der Waals surface area contributed by atoms with Crippen molar-refractivity contribution < 1.29 is 9.53 Å². The van der Waals surface area contributed by atoms with Crippen molar-refractivity contribution in [2.45, 2.75) is 33.3 Å². The van der Waals surface area contributed by atoms with E-state index < -0.39 is 0 Å². The molecule has 0 atom stereocenters. The zero-order valence-electron chi connectivity index (χ0n) is 12.1. The summed E-state index contributed by atoms with van der Waals surface area (Å²) in [6, 6.07) is 16.3. The highest BCUT2D eigenvalue weighted by molar-refractivity contribution is 5.75. The minimum Gasteiger partial charge on any atom is -0.489 e. The van der Waals surface area contributed by atoms with Crippen molar-refractivity contribution in [2.75, 3.05) is 0 Å². The molecule has 0 spiro atoms. The SMILES string of the molecule is CC(=O)CCc1ccc(OCc2cccc(C)c2)cc1. The Morgan fingerprint density at radius 3 is 2.45 bits per heavy atom. The molecule has 2 aromatic rings. The maximum absolute atomic E-state index is 10.9. The van der Waals surface area contributed by atoms with Crippen LogP contribution in [-0.4, -0.2) is 5.78 Å². The fraction of sp³-hybridized carbons (Fsp3) is 0.278. The third kappa shape index (κ3) is 4.54. The average Bonchev–Trinajstić information content (AvgIpc) is 2.44. The van der Waals surface area contributed by atoms with Gasteiger partial charge in [0.15, 0.2) is 0 Å². The molecule has 0 aliphatic heterocycles. The predicted molar refractivity (Wildman–Crippen MR) is 81.0 cm³/mol. The largest absolute Gasteiger partial charge is 0.489 e. The first-order valence-electron chi connectivity index (χ1n) is 6.90. The van der Waals surface area contributed by atoms with Gasteiger partial charge in [-0.2, -0.15) is 0 Å². The van der Waals surface area contributed by atoms with Crippen LogP contribution >= 0.6 is 0 Å². The van der Waals surface area contributed by atoms with Crippen LogP contribution in [0.3, 0.4) is 0 Å². The van der Waals surface area contributed by atoms with Crippen molar-refractivity contribution in [1.29, 1.82) is 0 Å². The van der Waals surface area contributed by atoms with Crippen LogP contribution in [0.25, 0.3) is 0 Å². The highest BCUT2D eigenvalue weighted by atomic mass is 16.5. The maximum Gasteiger partial charge on any atom is 0.130 e. The van der Waals surface area contributed by atoms with Crippen LogP contribution in [0.2, 0.25) is 0 Å². The zero-order valence-corrected chi connectivity index (χ0v) is 12.1. The van der Waals surface area contributed by atoms with Gasteiger partial charge in [0, 0.05) is 6.42 Å². The van der Waals surface area contributed by atoms with Crippen molar-refractivity contribution in [3.8, 4) is 5.75 Å². The molecule has 0 radical (unpaired) electrons. The number of hydrogen-bond donors (Lipinski definition) is 0. The Morgan fingerprint density at radius 2 is 1.80 bits per heavy atom. The lowest BCUT2D eigenvalue weighted by Gasteiger charge is -2.08. The minimum atomic E-state index is 0.227. The summed E-state index contributed by atoms with van der Waals surface area (Å²) >= 11 is 0. The second-order valence-corrected chi connectivity index (χ2v) is 5.12. The van der Waals surface area contributed by atoms with E-state index in [1.807, 2.05) is 30.3 Å². The van der Waals surface area contributed by atoms with Crippen molar-refractivity contribution in [3.63, 3.8) is 0 Å². The van der Waals surface area contributed by atoms with Crippen molar-refractivity contribution in [3.05, 3.63) is 65.2 Å². The molecule has 0 heterocycles. The van der Waals surface area contributed by atoms with Crippen molar-refractivity contribution >= 4 is 5.78 Å². The number of hydrogen-bond acceptors (Lipinski definition) is 2. The predicted octanol–water partition coefficient (Wildman–Crippen LogP) is 4.10. The molecule has 0 saturated heterocycles. The normalized spacial score (nSPS) is 10.3. The van der Waals surface area contributed by atoms with Crippen LogP contribution in [0.4, 0.5) is 0 Å². The number of ether oxygens (including phenoxy) is 1. The Hall–Kier alpha value is -2.09. The number of carbonyl (C=O) groups is 1. The topological polar surface area (TPSA) is 26.3 Å². The van der Waals surface area contributed by atoms with Crippen LogP contribution in [0.1, 0.15) is 30.0 Å². The van der Waals surface area contributed by atoms with Gasteiger partial charge in [0.1, 0.15) is 18.1 Å². The highest BCUT2D eigenvalue weighted by Crippen LogP contribution is 2.15. The molecule has 2 heteroatoms. The maximum atomic E-state index is 10.9. The molecule has 0 unspecified atom stereocenters. The molecule has 2 aromatic carbocycles. The van der Waals surface area contributed by atoms with E-state index in [9.17, 15) is 4.79 Å². The van der Waals surface area contributed by atoms with E-state index in [1.165, 1.54) is 16.7 Å². The number of Topliss-reactive ketones (excluding diaryl/α,β-unsaturated/α-hetero) is 1. The van der Waals surface area contributed by atoms with E-state index in [1.54, 1.807) is 6.92 Å². The summed E-state index contributed by atoms with van der Waals surface area (Å²) in [5.41, 5.74) is 3.58. The van der Waals surface area contributed by atoms with Crippen LogP contribution < -0.4 is 4.74 Å². The molecule has 104 valence electrons. The van der Waals surface area contributed by atoms with Crippen molar-refractivity contribution in [1.82, 2.24) is 0 Å². The molecule has 0 saturated carbocycles. The third-order valence-electron chi connectivity index (χ3n) is 3.18. The van der Waals surface area contributed by atoms with E-state index in [0.29, 0.717) is 13.0 Å². The van der Waals surface area contributed by atoms with Gasteiger partial charge in [-0.25, -0.2) is 0 Å². The molecule has 0 amide bonds. The number of carbonyl (C=O) groups excluding carboxylic acids is 1. The first-order chi connectivity index (χ1) is 9.63. The molecular formula is C18H20O2. The fourth-order valence-corrected chi connectivity index (χ4v) is 2.04. The van der Waals surface area contributed by atoms with Gasteiger partial charge in [-0.15, -0.1) is 0 Å². The molecular weight excluding hydrogens is 248 g/mol. The lowest BCUT2D eigenvalue weighted by atomic mass is 10.1. The molecule has 0 bridgehead atoms. The number of ketones is 1. The van der Waals surface area contributed by atoms with Crippen molar-refractivity contribution in [2.24, 2.45) is 0 Å². The molecule has 0 aliphatic rings. The Kier molecular flexibility index (Phi) is 4.94. The van der Waals surface area contributed by atoms with E-state index in [2.05, 4.69) is 25.1 Å². The number of rotatable bonds is 6. The quantitative estimate of drug-likeness (QED) is 0.788. The van der Waals surface area contributed by atoms with Crippen LogP contribution in [-0.2, 0) is 17.8 Å². The smallest absolute Gasteiger partial charge is 0.130 e. The Labute approximate surface area is 120 Å². The summed E-state index contributed by atoms with van der Waals surface area (Å²) in [5, 5.41) is 0. The number of aryl methyl sites for hydroxylation is 2. The monoisotopic (exact) mass is 268 g/mol. The molecule has 0 N–H and O–H groups in total. The lowest BCUT2D eigenvalue weighted by Crippen LogP contribution is -1.97. The van der Waals surface area contributed by atoms with E-state index in [4.69, 9.17) is 4.74 Å². The second kappa shape index (κ2) is 6.90. The summed E-state index contributed by atoms with van der Waals surface area (Å²) in [6.45, 7) is 4.28. The fourth-order valence-electron chi connectivity index (χ4n) is 2.04. The van der Waals surface area contributed by atoms with E-state index in [-0.39, 0.29) is 5.78 Å². The van der Waals surface area contributed by atoms with Gasteiger partial charge in [0.2, 0.25) is 0 Å². The molecule has 20 heavy (non-hydrogen) atoms. The third-order valence-corrected chi connectivity index (χ3v) is 3.18. The summed E-state index contributed by atoms with van der Waals surface area (Å²) in [4.78, 5) is 10.9. The van der Waals surface area contributed by atoms with E-state index >= 15 is 0 Å². The Morgan fingerprint density at radius 1 is 1.05 bits per heavy atom. The lowest BCUT2D eigenvalue weighted by molar-refractivity contribution is -0.116. The van der Waals surface area contributed by atoms with Gasteiger partial charge in [-0.05, 0) is 43.5 Å². The van der Waals surface area contributed by atoms with E-state index in [0.717, 1.165) is 12.2 Å². The Bertz CT molecular complexity index is 570. The van der Waals surface area contributed by atoms with Crippen LogP contribution in [0, 0.1) is 6.92 Å². The van der Waals surface area contributed by atoms with Gasteiger partial charge in [-0.3, -0.25) is 0 Å². The molecule has 0 aliphatic carbocycles. The van der Waals surface area contributed by atoms with Gasteiger partial charge >= 0.3 is 0 Å². The molecule has 0 aromatic heterocycles. The summed E-state index contributed by atoms with van der Waals surface area (Å²) < 4.78 is 5.76. The standard InChI is InChI=1S/C18H20O2/c1-14-4-3-5-17(12-14)13-20-18-10-8-16(9-11-18)7-6-15(2)19/h3-5,8-12H,6-7,13H2,1-2H3. The number of benzene rings is 2.